The summed E-state index contributed by atoms with van der Waals surface area (Å²) in [5, 5.41) is 11.0. The van der Waals surface area contributed by atoms with Gasteiger partial charge in [-0.05, 0) is 41.9 Å². The first-order chi connectivity index (χ1) is 12.2. The van der Waals surface area contributed by atoms with Crippen LogP contribution < -0.4 is 5.32 Å². The normalized spacial score (nSPS) is 13.0. The molecule has 0 spiro atoms. The molecule has 0 aliphatic rings. The van der Waals surface area contributed by atoms with E-state index in [1.807, 2.05) is 42.5 Å². The van der Waals surface area contributed by atoms with Crippen LogP contribution in [0, 0.1) is 0 Å². The summed E-state index contributed by atoms with van der Waals surface area (Å²) in [6, 6.07) is 14.9. The lowest BCUT2D eigenvalue weighted by atomic mass is 10.2. The van der Waals surface area contributed by atoms with E-state index >= 15 is 0 Å². The van der Waals surface area contributed by atoms with Gasteiger partial charge in [0.1, 0.15) is 5.52 Å². The van der Waals surface area contributed by atoms with Gasteiger partial charge in [-0.25, -0.2) is 4.63 Å². The number of hydrogen-bond acceptors (Lipinski definition) is 7. The summed E-state index contributed by atoms with van der Waals surface area (Å²) >= 11 is 0. The fraction of sp³-hybridized carbons (Fsp3) is 0.294. The summed E-state index contributed by atoms with van der Waals surface area (Å²) in [5.74, 6) is -0.684. The van der Waals surface area contributed by atoms with Crippen molar-refractivity contribution >= 4 is 24.3 Å². The molecule has 0 aliphatic carbocycles. The molecule has 1 unspecified atom stereocenters. The zero-order valence-electron chi connectivity index (χ0n) is 14.1. The Morgan fingerprint density at radius 2 is 1.76 bits per heavy atom. The van der Waals surface area contributed by atoms with Gasteiger partial charge < -0.3 is 14.4 Å². The lowest BCUT2D eigenvalue weighted by Crippen LogP contribution is -2.15. The van der Waals surface area contributed by atoms with Crippen LogP contribution in [0.4, 0.5) is 5.69 Å². The van der Waals surface area contributed by atoms with E-state index in [9.17, 15) is 4.57 Å². The monoisotopic (exact) mass is 361 g/mol. The number of nitrogens with zero attached hydrogens (tertiary/aromatic N) is 2. The van der Waals surface area contributed by atoms with Gasteiger partial charge in [0.15, 0.2) is 11.3 Å². The molecule has 0 amide bonds. The Balaban J connectivity index is 2.05. The summed E-state index contributed by atoms with van der Waals surface area (Å²) < 4.78 is 29.4. The van der Waals surface area contributed by atoms with E-state index in [1.54, 1.807) is 19.9 Å². The van der Waals surface area contributed by atoms with Crippen molar-refractivity contribution in [2.75, 3.05) is 18.5 Å². The average Bonchev–Trinajstić information content (AvgIpc) is 3.10. The molecule has 1 aromatic heterocycles. The molecule has 8 heteroatoms. The van der Waals surface area contributed by atoms with Crippen molar-refractivity contribution in [1.29, 1.82) is 0 Å². The maximum absolute atomic E-state index is 13.4. The van der Waals surface area contributed by atoms with Gasteiger partial charge in [0.05, 0.1) is 18.9 Å². The molecular formula is C17H20N3O4P. The highest BCUT2D eigenvalue weighted by Crippen LogP contribution is 2.60. The lowest BCUT2D eigenvalue weighted by Gasteiger charge is -2.28. The Bertz CT molecular complexity index is 858. The summed E-state index contributed by atoms with van der Waals surface area (Å²) in [6.45, 7) is 4.13. The number of benzene rings is 2. The molecule has 1 heterocycles. The van der Waals surface area contributed by atoms with Crippen molar-refractivity contribution in [3.05, 3.63) is 54.1 Å². The third-order valence-corrected chi connectivity index (χ3v) is 5.92. The first-order valence-electron chi connectivity index (χ1n) is 8.09. The van der Waals surface area contributed by atoms with Gasteiger partial charge in [-0.1, -0.05) is 36.4 Å². The van der Waals surface area contributed by atoms with Crippen molar-refractivity contribution in [1.82, 2.24) is 10.3 Å². The highest BCUT2D eigenvalue weighted by molar-refractivity contribution is 7.54. The first-order valence-corrected chi connectivity index (χ1v) is 9.70. The maximum Gasteiger partial charge on any atom is 0.357 e. The van der Waals surface area contributed by atoms with E-state index in [2.05, 4.69) is 15.6 Å². The van der Waals surface area contributed by atoms with Crippen LogP contribution >= 0.6 is 7.60 Å². The first kappa shape index (κ1) is 17.6. The zero-order valence-corrected chi connectivity index (χ0v) is 15.0. The van der Waals surface area contributed by atoms with E-state index in [-0.39, 0.29) is 13.2 Å². The van der Waals surface area contributed by atoms with Crippen molar-refractivity contribution in [2.24, 2.45) is 0 Å². The predicted octanol–water partition coefficient (Wildman–Crippen LogP) is 4.60. The molecule has 0 saturated carbocycles. The van der Waals surface area contributed by atoms with E-state index in [0.717, 1.165) is 5.56 Å². The summed E-state index contributed by atoms with van der Waals surface area (Å²) in [4.78, 5) is 0. The molecule has 7 nitrogen and oxygen atoms in total. The minimum absolute atomic E-state index is 0.276. The molecular weight excluding hydrogens is 341 g/mol. The molecule has 3 aromatic rings. The molecule has 1 atom stereocenters. The molecule has 132 valence electrons. The van der Waals surface area contributed by atoms with E-state index in [4.69, 9.17) is 13.7 Å². The Morgan fingerprint density at radius 3 is 2.44 bits per heavy atom. The van der Waals surface area contributed by atoms with Gasteiger partial charge in [-0.2, -0.15) is 0 Å². The van der Waals surface area contributed by atoms with Crippen molar-refractivity contribution in [3.63, 3.8) is 0 Å². The minimum Gasteiger partial charge on any atom is -0.366 e. The zero-order chi connectivity index (χ0) is 17.7. The molecule has 25 heavy (non-hydrogen) atoms. The number of nitrogens with one attached hydrogen (secondary N) is 1. The van der Waals surface area contributed by atoms with Crippen LogP contribution in [-0.4, -0.2) is 23.5 Å². The highest BCUT2D eigenvalue weighted by Gasteiger charge is 2.37. The van der Waals surface area contributed by atoms with Gasteiger partial charge in [-0.15, -0.1) is 0 Å². The van der Waals surface area contributed by atoms with Crippen LogP contribution in [0.3, 0.4) is 0 Å². The number of rotatable bonds is 8. The quantitative estimate of drug-likeness (QED) is 0.587. The molecule has 0 saturated heterocycles. The van der Waals surface area contributed by atoms with Crippen molar-refractivity contribution in [2.45, 2.75) is 19.6 Å². The van der Waals surface area contributed by atoms with Gasteiger partial charge in [0, 0.05) is 0 Å². The van der Waals surface area contributed by atoms with Gasteiger partial charge in [-0.3, -0.25) is 4.57 Å². The Labute approximate surface area is 145 Å². The SMILES string of the molecule is CCOP(=O)(OCC)C(Nc1cccc2nonc12)c1ccccc1. The van der Waals surface area contributed by atoms with Crippen LogP contribution in [0.15, 0.2) is 53.2 Å². The maximum atomic E-state index is 13.4. The molecule has 0 bridgehead atoms. The molecule has 1 N–H and O–H groups in total. The topological polar surface area (TPSA) is 86.5 Å². The van der Waals surface area contributed by atoms with Crippen LogP contribution in [0.1, 0.15) is 25.2 Å². The Kier molecular flexibility index (Phi) is 5.48. The lowest BCUT2D eigenvalue weighted by molar-refractivity contribution is 0.214. The van der Waals surface area contributed by atoms with Crippen molar-refractivity contribution < 1.29 is 18.2 Å². The average molecular weight is 361 g/mol. The number of fused-ring (bicyclic) bond motifs is 1. The van der Waals surface area contributed by atoms with Gasteiger partial charge in [0.25, 0.3) is 0 Å². The highest BCUT2D eigenvalue weighted by atomic mass is 31.2. The van der Waals surface area contributed by atoms with E-state index in [0.29, 0.717) is 16.7 Å². The smallest absolute Gasteiger partial charge is 0.357 e. The van der Waals surface area contributed by atoms with Crippen LogP contribution in [0.5, 0.6) is 0 Å². The molecule has 0 fully saturated rings. The fourth-order valence-electron chi connectivity index (χ4n) is 2.60. The third kappa shape index (κ3) is 3.74. The summed E-state index contributed by atoms with van der Waals surface area (Å²) in [7, 11) is -3.47. The van der Waals surface area contributed by atoms with Gasteiger partial charge >= 0.3 is 7.60 Å². The number of anilines is 1. The molecule has 3 rings (SSSR count). The minimum atomic E-state index is -3.47. The molecule has 0 aliphatic heterocycles. The van der Waals surface area contributed by atoms with Gasteiger partial charge in [0.2, 0.25) is 0 Å². The molecule has 2 aromatic carbocycles. The van der Waals surface area contributed by atoms with Crippen LogP contribution in [0.25, 0.3) is 11.0 Å². The Morgan fingerprint density at radius 1 is 1.04 bits per heavy atom. The largest absolute Gasteiger partial charge is 0.366 e. The van der Waals surface area contributed by atoms with Crippen LogP contribution in [-0.2, 0) is 13.6 Å². The third-order valence-electron chi connectivity index (χ3n) is 3.63. The Hall–Kier alpha value is -2.21. The van der Waals surface area contributed by atoms with E-state index < -0.39 is 13.4 Å². The predicted molar refractivity (Wildman–Crippen MR) is 95.5 cm³/mol. The standard InChI is InChI=1S/C17H20N3O4P/c1-3-22-25(21,23-4-2)17(13-9-6-5-7-10-13)18-14-11-8-12-15-16(14)20-24-19-15/h5-12,17-18H,3-4H2,1-2H3. The number of hydrogen-bond donors (Lipinski definition) is 1. The second-order valence-corrected chi connectivity index (χ2v) is 7.38. The molecule has 0 radical (unpaired) electrons. The van der Waals surface area contributed by atoms with E-state index in [1.165, 1.54) is 0 Å². The summed E-state index contributed by atoms with van der Waals surface area (Å²) in [6.07, 6.45) is 0. The number of aromatic nitrogens is 2. The summed E-state index contributed by atoms with van der Waals surface area (Å²) in [5.41, 5.74) is 2.61. The van der Waals surface area contributed by atoms with Crippen LogP contribution in [0.2, 0.25) is 0 Å². The van der Waals surface area contributed by atoms with Crippen molar-refractivity contribution in [3.8, 4) is 0 Å². The fourth-order valence-corrected chi connectivity index (χ4v) is 4.52. The second-order valence-electron chi connectivity index (χ2n) is 5.27. The second kappa shape index (κ2) is 7.78.